The highest BCUT2D eigenvalue weighted by Crippen LogP contribution is 2.32. The molecule has 0 atom stereocenters. The second-order valence-electron chi connectivity index (χ2n) is 7.12. The molecule has 1 N–H and O–H groups in total. The molecule has 0 bridgehead atoms. The number of benzene rings is 2. The Morgan fingerprint density at radius 2 is 1.88 bits per heavy atom. The van der Waals surface area contributed by atoms with Gasteiger partial charge in [0.1, 0.15) is 5.76 Å². The first kappa shape index (κ1) is 20.3. The summed E-state index contributed by atoms with van der Waals surface area (Å²) in [5, 5.41) is 3.88. The Morgan fingerprint density at radius 3 is 2.69 bits per heavy atom. The highest BCUT2D eigenvalue weighted by Gasteiger charge is 2.16. The van der Waals surface area contributed by atoms with E-state index in [1.807, 2.05) is 25.1 Å². The van der Waals surface area contributed by atoms with Crippen LogP contribution in [0, 0.1) is 6.92 Å². The summed E-state index contributed by atoms with van der Waals surface area (Å²) in [5.41, 5.74) is 4.06. The molecule has 32 heavy (non-hydrogen) atoms. The number of carbonyl (C=O) groups excluding carboxylic acids is 1. The summed E-state index contributed by atoms with van der Waals surface area (Å²) in [6, 6.07) is 17.5. The summed E-state index contributed by atoms with van der Waals surface area (Å²) in [5.74, 6) is 0.703. The fraction of sp³-hybridized carbons (Fsp3) is 0.0417. The van der Waals surface area contributed by atoms with Crippen LogP contribution >= 0.6 is 23.2 Å². The number of hydrogen-bond acceptors (Lipinski definition) is 5. The smallest absolute Gasteiger partial charge is 0.291 e. The van der Waals surface area contributed by atoms with Gasteiger partial charge in [-0.2, -0.15) is 4.98 Å². The van der Waals surface area contributed by atoms with Crippen LogP contribution in [0.5, 0.6) is 0 Å². The van der Waals surface area contributed by atoms with Gasteiger partial charge in [0.25, 0.3) is 5.91 Å². The topological polar surface area (TPSA) is 81.2 Å². The predicted molar refractivity (Wildman–Crippen MR) is 124 cm³/mol. The zero-order valence-electron chi connectivity index (χ0n) is 16.7. The molecular formula is C24H15Cl2N3O3. The number of amides is 1. The molecule has 8 heteroatoms. The van der Waals surface area contributed by atoms with Crippen molar-refractivity contribution in [2.75, 3.05) is 5.32 Å². The summed E-state index contributed by atoms with van der Waals surface area (Å²) in [6.45, 7) is 1.89. The summed E-state index contributed by atoms with van der Waals surface area (Å²) in [4.78, 5) is 21.3. The van der Waals surface area contributed by atoms with Gasteiger partial charge in [-0.3, -0.25) is 4.79 Å². The molecule has 0 aliphatic rings. The molecule has 3 heterocycles. The number of nitrogens with one attached hydrogen (secondary N) is 1. The van der Waals surface area contributed by atoms with E-state index in [4.69, 9.17) is 32.0 Å². The van der Waals surface area contributed by atoms with Crippen LogP contribution < -0.4 is 5.32 Å². The van der Waals surface area contributed by atoms with Crippen molar-refractivity contribution in [1.82, 2.24) is 9.97 Å². The van der Waals surface area contributed by atoms with Gasteiger partial charge in [0.2, 0.25) is 5.89 Å². The van der Waals surface area contributed by atoms with Crippen molar-refractivity contribution in [2.24, 2.45) is 0 Å². The van der Waals surface area contributed by atoms with Crippen molar-refractivity contribution in [3.8, 4) is 22.8 Å². The minimum absolute atomic E-state index is 0.157. The molecule has 2 aromatic carbocycles. The van der Waals surface area contributed by atoms with Crippen LogP contribution in [0.1, 0.15) is 16.1 Å². The zero-order valence-corrected chi connectivity index (χ0v) is 18.2. The molecule has 0 aliphatic carbocycles. The molecule has 0 unspecified atom stereocenters. The number of anilines is 1. The first-order chi connectivity index (χ1) is 15.5. The van der Waals surface area contributed by atoms with Gasteiger partial charge >= 0.3 is 0 Å². The minimum Gasteiger partial charge on any atom is -0.451 e. The number of aromatic nitrogens is 2. The quantitative estimate of drug-likeness (QED) is 0.309. The molecule has 1 amide bonds. The third-order valence-electron chi connectivity index (χ3n) is 4.91. The third-order valence-corrected chi connectivity index (χ3v) is 5.47. The molecule has 0 fully saturated rings. The Kier molecular flexibility index (Phi) is 5.17. The van der Waals surface area contributed by atoms with Crippen LogP contribution in [0.15, 0.2) is 75.7 Å². The van der Waals surface area contributed by atoms with Crippen molar-refractivity contribution in [3.05, 3.63) is 88.2 Å². The number of hydrogen-bond donors (Lipinski definition) is 1. The number of carbonyl (C=O) groups is 1. The summed E-state index contributed by atoms with van der Waals surface area (Å²) < 4.78 is 11.5. The Hall–Kier alpha value is -3.61. The number of furan rings is 1. The minimum atomic E-state index is -0.378. The Morgan fingerprint density at radius 1 is 1.00 bits per heavy atom. The van der Waals surface area contributed by atoms with Crippen LogP contribution in [-0.2, 0) is 0 Å². The van der Waals surface area contributed by atoms with Gasteiger partial charge in [0, 0.05) is 28.0 Å². The van der Waals surface area contributed by atoms with E-state index >= 15 is 0 Å². The Balaban J connectivity index is 1.37. The number of nitrogens with zero attached hydrogens (tertiary/aromatic N) is 2. The van der Waals surface area contributed by atoms with Crippen LogP contribution in [0.3, 0.4) is 0 Å². The van der Waals surface area contributed by atoms with Crippen LogP contribution in [0.25, 0.3) is 34.0 Å². The lowest BCUT2D eigenvalue weighted by atomic mass is 10.1. The van der Waals surface area contributed by atoms with E-state index in [2.05, 4.69) is 15.3 Å². The van der Waals surface area contributed by atoms with Crippen LogP contribution in [0.2, 0.25) is 10.0 Å². The molecule has 0 spiro atoms. The van der Waals surface area contributed by atoms with Gasteiger partial charge in [-0.25, -0.2) is 4.98 Å². The highest BCUT2D eigenvalue weighted by molar-refractivity contribution is 6.35. The maximum absolute atomic E-state index is 12.7. The van der Waals surface area contributed by atoms with E-state index in [-0.39, 0.29) is 11.7 Å². The normalized spacial score (nSPS) is 11.1. The lowest BCUT2D eigenvalue weighted by molar-refractivity contribution is 0.0997. The first-order valence-corrected chi connectivity index (χ1v) is 10.4. The second kappa shape index (κ2) is 8.15. The molecule has 3 aromatic heterocycles. The maximum Gasteiger partial charge on any atom is 0.291 e. The Bertz CT molecular complexity index is 1440. The van der Waals surface area contributed by atoms with E-state index in [9.17, 15) is 4.79 Å². The number of rotatable bonds is 4. The Labute approximate surface area is 192 Å². The van der Waals surface area contributed by atoms with Gasteiger partial charge in [-0.1, -0.05) is 23.2 Å². The van der Waals surface area contributed by atoms with E-state index < -0.39 is 0 Å². The molecule has 6 nitrogen and oxygen atoms in total. The lowest BCUT2D eigenvalue weighted by Crippen LogP contribution is -2.11. The van der Waals surface area contributed by atoms with Gasteiger partial charge in [0.05, 0.1) is 5.02 Å². The van der Waals surface area contributed by atoms with E-state index in [1.165, 1.54) is 0 Å². The molecule has 0 saturated carbocycles. The van der Waals surface area contributed by atoms with Crippen LogP contribution in [-0.4, -0.2) is 15.9 Å². The number of fused-ring (bicyclic) bond motifs is 1. The number of aryl methyl sites for hydroxylation is 1. The summed E-state index contributed by atoms with van der Waals surface area (Å²) in [7, 11) is 0. The van der Waals surface area contributed by atoms with Gasteiger partial charge in [0.15, 0.2) is 17.0 Å². The summed E-state index contributed by atoms with van der Waals surface area (Å²) >= 11 is 12.3. The van der Waals surface area contributed by atoms with Crippen molar-refractivity contribution in [2.45, 2.75) is 6.92 Å². The molecule has 0 saturated heterocycles. The largest absolute Gasteiger partial charge is 0.451 e. The molecular weight excluding hydrogens is 449 g/mol. The average molecular weight is 464 g/mol. The highest BCUT2D eigenvalue weighted by atomic mass is 35.5. The fourth-order valence-electron chi connectivity index (χ4n) is 3.30. The molecule has 0 aliphatic heterocycles. The van der Waals surface area contributed by atoms with Crippen molar-refractivity contribution in [3.63, 3.8) is 0 Å². The van der Waals surface area contributed by atoms with Crippen molar-refractivity contribution in [1.29, 1.82) is 0 Å². The lowest BCUT2D eigenvalue weighted by Gasteiger charge is -2.08. The first-order valence-electron chi connectivity index (χ1n) is 9.67. The van der Waals surface area contributed by atoms with E-state index in [0.29, 0.717) is 44.2 Å². The SMILES string of the molecule is Cc1cc(-c2nc3ncccc3o2)ccc1NC(=O)c1ccc(-c2cc(Cl)ccc2Cl)o1. The van der Waals surface area contributed by atoms with E-state index in [1.54, 1.807) is 48.7 Å². The molecule has 5 rings (SSSR count). The number of halogens is 2. The van der Waals surface area contributed by atoms with Crippen molar-refractivity contribution < 1.29 is 13.6 Å². The molecule has 158 valence electrons. The zero-order chi connectivity index (χ0) is 22.2. The standard InChI is InChI=1S/C24H15Cl2N3O3/c1-13-11-14(24-29-22-20(32-24)3-2-10-27-22)4-7-18(13)28-23(30)21-9-8-19(31-21)16-12-15(25)5-6-17(16)26/h2-12H,1H3,(H,28,30). The van der Waals surface area contributed by atoms with Gasteiger partial charge < -0.3 is 14.2 Å². The second-order valence-corrected chi connectivity index (χ2v) is 7.96. The van der Waals surface area contributed by atoms with E-state index in [0.717, 1.165) is 11.1 Å². The maximum atomic E-state index is 12.7. The predicted octanol–water partition coefficient (Wildman–Crippen LogP) is 7.02. The van der Waals surface area contributed by atoms with Crippen LogP contribution in [0.4, 0.5) is 5.69 Å². The summed E-state index contributed by atoms with van der Waals surface area (Å²) in [6.07, 6.45) is 1.67. The van der Waals surface area contributed by atoms with Gasteiger partial charge in [-0.15, -0.1) is 0 Å². The monoisotopic (exact) mass is 463 g/mol. The molecule has 5 aromatic rings. The van der Waals surface area contributed by atoms with Crippen molar-refractivity contribution >= 4 is 46.0 Å². The molecule has 0 radical (unpaired) electrons. The average Bonchev–Trinajstić information content (AvgIpc) is 3.44. The number of oxazole rings is 1. The number of pyridine rings is 1. The fourth-order valence-corrected chi connectivity index (χ4v) is 3.69. The van der Waals surface area contributed by atoms with Gasteiger partial charge in [-0.05, 0) is 73.2 Å². The third kappa shape index (κ3) is 3.86.